The van der Waals surface area contributed by atoms with Crippen LogP contribution in [-0.4, -0.2) is 59.5 Å². The van der Waals surface area contributed by atoms with Gasteiger partial charge in [0.25, 0.3) is 5.91 Å². The van der Waals surface area contributed by atoms with Crippen molar-refractivity contribution in [1.29, 1.82) is 0 Å². The summed E-state index contributed by atoms with van der Waals surface area (Å²) in [7, 11) is -3.61. The van der Waals surface area contributed by atoms with Gasteiger partial charge in [0.1, 0.15) is 5.82 Å². The van der Waals surface area contributed by atoms with E-state index in [2.05, 4.69) is 18.9 Å². The van der Waals surface area contributed by atoms with Gasteiger partial charge in [-0.15, -0.1) is 0 Å². The Labute approximate surface area is 187 Å². The van der Waals surface area contributed by atoms with Crippen LogP contribution in [0.25, 0.3) is 5.69 Å². The molecule has 4 rings (SSSR count). The molecule has 9 heteroatoms. The third-order valence-electron chi connectivity index (χ3n) is 5.59. The van der Waals surface area contributed by atoms with Crippen LogP contribution in [0, 0.1) is 5.82 Å². The van der Waals surface area contributed by atoms with Gasteiger partial charge in [0, 0.05) is 32.4 Å². The predicted octanol–water partition coefficient (Wildman–Crippen LogP) is 3.28. The number of aromatic nitrogens is 2. The average molecular weight is 457 g/mol. The predicted molar refractivity (Wildman–Crippen MR) is 119 cm³/mol. The number of rotatable bonds is 5. The van der Waals surface area contributed by atoms with E-state index in [9.17, 15) is 17.6 Å². The minimum Gasteiger partial charge on any atom is -0.335 e. The Morgan fingerprint density at radius 3 is 2.31 bits per heavy atom. The van der Waals surface area contributed by atoms with Crippen molar-refractivity contribution in [3.05, 3.63) is 77.9 Å². The van der Waals surface area contributed by atoms with Gasteiger partial charge in [-0.2, -0.15) is 9.40 Å². The van der Waals surface area contributed by atoms with E-state index in [-0.39, 0.29) is 48.5 Å². The molecule has 32 heavy (non-hydrogen) atoms. The molecule has 1 saturated heterocycles. The molecular weight excluding hydrogens is 431 g/mol. The summed E-state index contributed by atoms with van der Waals surface area (Å²) in [5, 5.41) is 4.26. The Bertz CT molecular complexity index is 1210. The van der Waals surface area contributed by atoms with Crippen LogP contribution in [0.2, 0.25) is 0 Å². The van der Waals surface area contributed by atoms with Gasteiger partial charge in [-0.05, 0) is 47.9 Å². The van der Waals surface area contributed by atoms with Gasteiger partial charge in [0.05, 0.1) is 10.6 Å². The molecule has 1 fully saturated rings. The van der Waals surface area contributed by atoms with Crippen molar-refractivity contribution in [3.63, 3.8) is 0 Å². The van der Waals surface area contributed by atoms with E-state index in [0.717, 1.165) is 5.56 Å². The molecule has 0 aliphatic carbocycles. The molecule has 1 amide bonds. The van der Waals surface area contributed by atoms with Gasteiger partial charge >= 0.3 is 0 Å². The van der Waals surface area contributed by atoms with Crippen molar-refractivity contribution in [1.82, 2.24) is 19.0 Å². The summed E-state index contributed by atoms with van der Waals surface area (Å²) < 4.78 is 42.3. The van der Waals surface area contributed by atoms with Gasteiger partial charge in [0.2, 0.25) is 10.0 Å². The van der Waals surface area contributed by atoms with Gasteiger partial charge < -0.3 is 4.90 Å². The molecule has 2 aromatic carbocycles. The van der Waals surface area contributed by atoms with Crippen LogP contribution in [0.1, 0.15) is 35.8 Å². The maximum absolute atomic E-state index is 13.4. The number of nitrogens with zero attached hydrogens (tertiary/aromatic N) is 4. The van der Waals surface area contributed by atoms with E-state index in [4.69, 9.17) is 0 Å². The molecule has 168 valence electrons. The summed E-state index contributed by atoms with van der Waals surface area (Å²) in [6.45, 7) is 5.08. The zero-order valence-electron chi connectivity index (χ0n) is 18.0. The largest absolute Gasteiger partial charge is 0.335 e. The Balaban J connectivity index is 1.41. The van der Waals surface area contributed by atoms with Gasteiger partial charge in [0.15, 0.2) is 5.69 Å². The van der Waals surface area contributed by atoms with Gasteiger partial charge in [-0.1, -0.05) is 32.0 Å². The van der Waals surface area contributed by atoms with Crippen molar-refractivity contribution in [2.24, 2.45) is 0 Å². The topological polar surface area (TPSA) is 75.5 Å². The lowest BCUT2D eigenvalue weighted by Crippen LogP contribution is -2.50. The number of hydrogen-bond donors (Lipinski definition) is 0. The fourth-order valence-electron chi connectivity index (χ4n) is 3.67. The quantitative estimate of drug-likeness (QED) is 0.591. The number of sulfonamides is 1. The second-order valence-electron chi connectivity index (χ2n) is 8.05. The van der Waals surface area contributed by atoms with Crippen LogP contribution in [0.3, 0.4) is 0 Å². The highest BCUT2D eigenvalue weighted by Gasteiger charge is 2.31. The van der Waals surface area contributed by atoms with Gasteiger partial charge in [-0.25, -0.2) is 17.5 Å². The molecule has 0 unspecified atom stereocenters. The smallest absolute Gasteiger partial charge is 0.274 e. The van der Waals surface area contributed by atoms with Crippen LogP contribution in [0.5, 0.6) is 0 Å². The van der Waals surface area contributed by atoms with Crippen LogP contribution >= 0.6 is 0 Å². The fraction of sp³-hybridized carbons (Fsp3) is 0.304. The van der Waals surface area contributed by atoms with Crippen LogP contribution < -0.4 is 0 Å². The van der Waals surface area contributed by atoms with E-state index in [1.807, 2.05) is 12.1 Å². The molecule has 7 nitrogen and oxygen atoms in total. The number of amides is 1. The number of hydrogen-bond acceptors (Lipinski definition) is 4. The molecule has 0 atom stereocenters. The molecule has 3 aromatic rings. The monoisotopic (exact) mass is 456 g/mol. The molecule has 1 aliphatic heterocycles. The lowest BCUT2D eigenvalue weighted by molar-refractivity contribution is 0.0691. The summed E-state index contributed by atoms with van der Waals surface area (Å²) in [4.78, 5) is 14.7. The summed E-state index contributed by atoms with van der Waals surface area (Å²) >= 11 is 0. The zero-order valence-corrected chi connectivity index (χ0v) is 18.8. The van der Waals surface area contributed by atoms with Crippen LogP contribution in [0.4, 0.5) is 4.39 Å². The fourth-order valence-corrected chi connectivity index (χ4v) is 5.09. The molecule has 0 saturated carbocycles. The number of carbonyl (C=O) groups is 1. The highest BCUT2D eigenvalue weighted by Crippen LogP contribution is 2.22. The Morgan fingerprint density at radius 1 is 1.00 bits per heavy atom. The minimum atomic E-state index is -3.61. The SMILES string of the molecule is CC(C)c1ccc(S(=O)(=O)N2CCN(C(=O)c3ccn(-c4cccc(F)c4)n3)CC2)cc1. The highest BCUT2D eigenvalue weighted by atomic mass is 32.2. The summed E-state index contributed by atoms with van der Waals surface area (Å²) in [6, 6.07) is 14.5. The lowest BCUT2D eigenvalue weighted by atomic mass is 10.0. The molecule has 0 spiro atoms. The lowest BCUT2D eigenvalue weighted by Gasteiger charge is -2.33. The Kier molecular flexibility index (Phi) is 6.12. The Morgan fingerprint density at radius 2 is 1.69 bits per heavy atom. The van der Waals surface area contributed by atoms with Crippen molar-refractivity contribution in [3.8, 4) is 5.69 Å². The summed E-state index contributed by atoms with van der Waals surface area (Å²) in [5.41, 5.74) is 1.83. The van der Waals surface area contributed by atoms with Crippen molar-refractivity contribution in [2.45, 2.75) is 24.7 Å². The number of piperazine rings is 1. The average Bonchev–Trinajstić information content (AvgIpc) is 3.29. The maximum atomic E-state index is 13.4. The number of benzene rings is 2. The molecular formula is C23H25FN4O3S. The number of carbonyl (C=O) groups excluding carboxylic acids is 1. The van der Waals surface area contributed by atoms with Crippen molar-refractivity contribution >= 4 is 15.9 Å². The second kappa shape index (κ2) is 8.84. The molecule has 0 radical (unpaired) electrons. The second-order valence-corrected chi connectivity index (χ2v) is 9.98. The van der Waals surface area contributed by atoms with Crippen molar-refractivity contribution < 1.29 is 17.6 Å². The molecule has 2 heterocycles. The summed E-state index contributed by atoms with van der Waals surface area (Å²) in [5.74, 6) is -0.341. The molecule has 1 aliphatic rings. The van der Waals surface area contributed by atoms with E-state index in [1.165, 1.54) is 21.1 Å². The highest BCUT2D eigenvalue weighted by molar-refractivity contribution is 7.89. The summed E-state index contributed by atoms with van der Waals surface area (Å²) in [6.07, 6.45) is 1.60. The van der Waals surface area contributed by atoms with E-state index < -0.39 is 10.0 Å². The first-order valence-corrected chi connectivity index (χ1v) is 11.9. The van der Waals surface area contributed by atoms with E-state index >= 15 is 0 Å². The first kappa shape index (κ1) is 22.2. The Hall–Kier alpha value is -3.04. The molecule has 0 bridgehead atoms. The number of halogens is 1. The third kappa shape index (κ3) is 4.44. The normalized spacial score (nSPS) is 15.3. The minimum absolute atomic E-state index is 0.213. The van der Waals surface area contributed by atoms with Crippen LogP contribution in [-0.2, 0) is 10.0 Å². The van der Waals surface area contributed by atoms with Gasteiger partial charge in [-0.3, -0.25) is 4.79 Å². The van der Waals surface area contributed by atoms with Crippen LogP contribution in [0.15, 0.2) is 65.7 Å². The standard InChI is InChI=1S/C23H25FN4O3S/c1-17(2)18-6-8-21(9-7-18)32(30,31)27-14-12-26(13-15-27)23(29)22-10-11-28(25-22)20-5-3-4-19(24)16-20/h3-11,16-17H,12-15H2,1-2H3. The van der Waals surface area contributed by atoms with E-state index in [1.54, 1.807) is 41.4 Å². The van der Waals surface area contributed by atoms with E-state index in [0.29, 0.717) is 11.6 Å². The third-order valence-corrected chi connectivity index (χ3v) is 7.50. The zero-order chi connectivity index (χ0) is 22.9. The first-order valence-electron chi connectivity index (χ1n) is 10.5. The first-order chi connectivity index (χ1) is 15.3. The molecule has 1 aromatic heterocycles. The molecule has 0 N–H and O–H groups in total. The van der Waals surface area contributed by atoms with Crippen molar-refractivity contribution in [2.75, 3.05) is 26.2 Å². The maximum Gasteiger partial charge on any atom is 0.274 e.